The molecular formula is C11H14FNO3S. The number of hydrogen-bond acceptors (Lipinski definition) is 4. The third-order valence-electron chi connectivity index (χ3n) is 3.10. The van der Waals surface area contributed by atoms with Gasteiger partial charge in [0, 0.05) is 6.54 Å². The van der Waals surface area contributed by atoms with Crippen molar-refractivity contribution in [3.63, 3.8) is 0 Å². The highest BCUT2D eigenvalue weighted by atomic mass is 32.2. The maximum absolute atomic E-state index is 13.0. The Labute approximate surface area is 99.5 Å². The Kier molecular flexibility index (Phi) is 2.97. The highest BCUT2D eigenvalue weighted by Gasteiger charge is 2.50. The lowest BCUT2D eigenvalue weighted by Gasteiger charge is -2.39. The Morgan fingerprint density at radius 3 is 2.53 bits per heavy atom. The van der Waals surface area contributed by atoms with Gasteiger partial charge in [-0.2, -0.15) is 0 Å². The summed E-state index contributed by atoms with van der Waals surface area (Å²) in [6.45, 7) is 1.77. The third-order valence-corrected chi connectivity index (χ3v) is 5.68. The van der Waals surface area contributed by atoms with E-state index < -0.39 is 20.4 Å². The van der Waals surface area contributed by atoms with Gasteiger partial charge in [0.05, 0.1) is 18.1 Å². The summed E-state index contributed by atoms with van der Waals surface area (Å²) in [5.74, 6) is -0.451. The van der Waals surface area contributed by atoms with Gasteiger partial charge in [-0.3, -0.25) is 0 Å². The second kappa shape index (κ2) is 4.04. The molecule has 0 aromatic heterocycles. The molecule has 0 aliphatic carbocycles. The van der Waals surface area contributed by atoms with Crippen LogP contribution in [0.3, 0.4) is 0 Å². The monoisotopic (exact) mass is 259 g/mol. The fourth-order valence-electron chi connectivity index (χ4n) is 1.86. The molecule has 0 atom stereocenters. The van der Waals surface area contributed by atoms with Gasteiger partial charge >= 0.3 is 0 Å². The van der Waals surface area contributed by atoms with Crippen LogP contribution in [0.1, 0.15) is 5.56 Å². The van der Waals surface area contributed by atoms with Crippen molar-refractivity contribution in [3.05, 3.63) is 29.6 Å². The zero-order valence-corrected chi connectivity index (χ0v) is 10.3. The normalized spacial score (nSPS) is 18.8. The molecule has 0 bridgehead atoms. The number of sulfone groups is 1. The highest BCUT2D eigenvalue weighted by molar-refractivity contribution is 7.93. The number of hydrogen-bond donors (Lipinski definition) is 1. The van der Waals surface area contributed by atoms with E-state index in [1.165, 1.54) is 12.1 Å². The molecule has 17 heavy (non-hydrogen) atoms. The minimum atomic E-state index is -3.58. The van der Waals surface area contributed by atoms with E-state index in [1.807, 2.05) is 0 Å². The molecule has 0 saturated carbocycles. The smallest absolute Gasteiger partial charge is 0.190 e. The van der Waals surface area contributed by atoms with Crippen LogP contribution in [0.15, 0.2) is 23.1 Å². The fraction of sp³-hybridized carbons (Fsp3) is 0.455. The number of ether oxygens (including phenoxy) is 1. The van der Waals surface area contributed by atoms with Crippen molar-refractivity contribution in [2.75, 3.05) is 19.8 Å². The van der Waals surface area contributed by atoms with Gasteiger partial charge in [0.2, 0.25) is 0 Å². The summed E-state index contributed by atoms with van der Waals surface area (Å²) in [6.07, 6.45) is 0. The van der Waals surface area contributed by atoms with E-state index in [9.17, 15) is 12.8 Å². The molecule has 2 rings (SSSR count). The topological polar surface area (TPSA) is 69.4 Å². The maximum Gasteiger partial charge on any atom is 0.190 e. The first-order valence-corrected chi connectivity index (χ1v) is 6.70. The van der Waals surface area contributed by atoms with Crippen molar-refractivity contribution < 1.29 is 17.5 Å². The Morgan fingerprint density at radius 2 is 2.12 bits per heavy atom. The summed E-state index contributed by atoms with van der Waals surface area (Å²) in [7, 11) is -3.58. The van der Waals surface area contributed by atoms with Crippen molar-refractivity contribution in [2.45, 2.75) is 16.6 Å². The van der Waals surface area contributed by atoms with Crippen molar-refractivity contribution >= 4 is 9.84 Å². The van der Waals surface area contributed by atoms with Crippen LogP contribution in [0, 0.1) is 12.7 Å². The van der Waals surface area contributed by atoms with Crippen LogP contribution in [0.2, 0.25) is 0 Å². The summed E-state index contributed by atoms with van der Waals surface area (Å²) in [4.78, 5) is 0.132. The van der Waals surface area contributed by atoms with Crippen LogP contribution in [-0.2, 0) is 14.6 Å². The van der Waals surface area contributed by atoms with Crippen LogP contribution < -0.4 is 5.73 Å². The molecule has 6 heteroatoms. The van der Waals surface area contributed by atoms with Crippen molar-refractivity contribution in [1.29, 1.82) is 0 Å². The molecule has 0 amide bonds. The summed E-state index contributed by atoms with van der Waals surface area (Å²) >= 11 is 0. The third kappa shape index (κ3) is 1.76. The first-order chi connectivity index (χ1) is 7.93. The zero-order valence-electron chi connectivity index (χ0n) is 9.44. The molecule has 1 aromatic rings. The van der Waals surface area contributed by atoms with Gasteiger partial charge in [-0.25, -0.2) is 12.8 Å². The highest BCUT2D eigenvalue weighted by Crippen LogP contribution is 2.33. The summed E-state index contributed by atoms with van der Waals surface area (Å²) in [5, 5.41) is 0. The number of rotatable bonds is 3. The summed E-state index contributed by atoms with van der Waals surface area (Å²) < 4.78 is 41.7. The number of aryl methyl sites for hydroxylation is 1. The summed E-state index contributed by atoms with van der Waals surface area (Å²) in [5.41, 5.74) is 5.93. The van der Waals surface area contributed by atoms with E-state index in [2.05, 4.69) is 0 Å². The van der Waals surface area contributed by atoms with Crippen LogP contribution in [0.5, 0.6) is 0 Å². The van der Waals surface area contributed by atoms with E-state index in [4.69, 9.17) is 10.5 Å². The molecule has 2 N–H and O–H groups in total. The molecule has 0 spiro atoms. The molecule has 1 aliphatic heterocycles. The van der Waals surface area contributed by atoms with Crippen molar-refractivity contribution in [2.24, 2.45) is 5.73 Å². The zero-order chi connectivity index (χ0) is 12.7. The predicted octanol–water partition coefficient (Wildman–Crippen LogP) is 0.636. The van der Waals surface area contributed by atoms with Gasteiger partial charge in [0.1, 0.15) is 10.6 Å². The Morgan fingerprint density at radius 1 is 1.47 bits per heavy atom. The summed E-state index contributed by atoms with van der Waals surface area (Å²) in [6, 6.07) is 3.63. The van der Waals surface area contributed by atoms with Crippen molar-refractivity contribution in [3.8, 4) is 0 Å². The number of nitrogens with two attached hydrogens (primary N) is 1. The molecular weight excluding hydrogens is 245 g/mol. The first kappa shape index (κ1) is 12.5. The molecule has 1 aliphatic rings. The number of halogens is 1. The first-order valence-electron chi connectivity index (χ1n) is 5.21. The van der Waals surface area contributed by atoms with Gasteiger partial charge < -0.3 is 10.5 Å². The van der Waals surface area contributed by atoms with Gasteiger partial charge in [-0.15, -0.1) is 0 Å². The molecule has 1 heterocycles. The van der Waals surface area contributed by atoms with E-state index in [-0.39, 0.29) is 24.7 Å². The standard InChI is InChI=1S/C11H14FNO3S/c1-8-4-9(12)2-3-10(8)17(14,15)11(5-13)6-16-7-11/h2-4H,5-7,13H2,1H3. The van der Waals surface area contributed by atoms with Gasteiger partial charge in [-0.05, 0) is 30.7 Å². The lowest BCUT2D eigenvalue weighted by molar-refractivity contribution is -0.00926. The minimum Gasteiger partial charge on any atom is -0.378 e. The van der Waals surface area contributed by atoms with Gasteiger partial charge in [-0.1, -0.05) is 0 Å². The molecule has 0 unspecified atom stereocenters. The lowest BCUT2D eigenvalue weighted by atomic mass is 10.1. The maximum atomic E-state index is 13.0. The van der Waals surface area contributed by atoms with Crippen LogP contribution >= 0.6 is 0 Å². The predicted molar refractivity (Wildman–Crippen MR) is 60.9 cm³/mol. The largest absolute Gasteiger partial charge is 0.378 e. The van der Waals surface area contributed by atoms with Crippen LogP contribution in [0.25, 0.3) is 0 Å². The van der Waals surface area contributed by atoms with E-state index >= 15 is 0 Å². The van der Waals surface area contributed by atoms with E-state index in [1.54, 1.807) is 6.92 Å². The SMILES string of the molecule is Cc1cc(F)ccc1S(=O)(=O)C1(CN)COC1. The van der Waals surface area contributed by atoms with E-state index in [0.717, 1.165) is 6.07 Å². The molecule has 1 aromatic carbocycles. The van der Waals surface area contributed by atoms with Crippen molar-refractivity contribution in [1.82, 2.24) is 0 Å². The van der Waals surface area contributed by atoms with Gasteiger partial charge in [0.15, 0.2) is 9.84 Å². The molecule has 0 radical (unpaired) electrons. The average molecular weight is 259 g/mol. The Hall–Kier alpha value is -0.980. The van der Waals surface area contributed by atoms with Crippen LogP contribution in [0.4, 0.5) is 4.39 Å². The lowest BCUT2D eigenvalue weighted by Crippen LogP contribution is -2.60. The van der Waals surface area contributed by atoms with E-state index in [0.29, 0.717) is 5.56 Å². The molecule has 94 valence electrons. The Bertz CT molecular complexity index is 532. The molecule has 1 fully saturated rings. The quantitative estimate of drug-likeness (QED) is 0.809. The Balaban J connectivity index is 2.52. The average Bonchev–Trinajstić information content (AvgIpc) is 2.15. The van der Waals surface area contributed by atoms with Gasteiger partial charge in [0.25, 0.3) is 0 Å². The second-order valence-corrected chi connectivity index (χ2v) is 6.61. The minimum absolute atomic E-state index is 0.00610. The number of benzene rings is 1. The van der Waals surface area contributed by atoms with Crippen LogP contribution in [-0.4, -0.2) is 32.9 Å². The molecule has 1 saturated heterocycles. The second-order valence-electron chi connectivity index (χ2n) is 4.29. The molecule has 4 nitrogen and oxygen atoms in total. The fourth-order valence-corrected chi connectivity index (χ4v) is 3.75.